The lowest BCUT2D eigenvalue weighted by atomic mass is 9.91. The van der Waals surface area contributed by atoms with Gasteiger partial charge in [-0.3, -0.25) is 9.78 Å². The number of halogens is 2. The summed E-state index contributed by atoms with van der Waals surface area (Å²) in [5, 5.41) is 6.25. The number of benzene rings is 1. The van der Waals surface area contributed by atoms with Gasteiger partial charge in [0.2, 0.25) is 0 Å². The van der Waals surface area contributed by atoms with Crippen LogP contribution in [0.3, 0.4) is 0 Å². The predicted octanol–water partition coefficient (Wildman–Crippen LogP) is 3.92. The molecule has 27 heavy (non-hydrogen) atoms. The summed E-state index contributed by atoms with van der Waals surface area (Å²) in [4.78, 5) is 17.9. The molecule has 2 aromatic rings. The molecule has 1 aliphatic heterocycles. The third-order valence-electron chi connectivity index (χ3n) is 4.46. The van der Waals surface area contributed by atoms with Crippen molar-refractivity contribution in [2.75, 3.05) is 25.5 Å². The van der Waals surface area contributed by atoms with Gasteiger partial charge in [0, 0.05) is 35.8 Å². The van der Waals surface area contributed by atoms with Crippen LogP contribution in [0.1, 0.15) is 18.4 Å². The van der Waals surface area contributed by atoms with Gasteiger partial charge in [-0.15, -0.1) is 36.6 Å². The molecule has 2 heterocycles. The van der Waals surface area contributed by atoms with Gasteiger partial charge < -0.3 is 15.4 Å². The van der Waals surface area contributed by atoms with Crippen LogP contribution in [0.5, 0.6) is 0 Å². The molecule has 5 nitrogen and oxygen atoms in total. The molecule has 0 spiro atoms. The molecule has 1 fully saturated rings. The van der Waals surface area contributed by atoms with E-state index < -0.39 is 5.60 Å². The van der Waals surface area contributed by atoms with Crippen molar-refractivity contribution in [3.63, 3.8) is 0 Å². The van der Waals surface area contributed by atoms with E-state index in [1.807, 2.05) is 36.5 Å². The molecule has 1 aliphatic rings. The predicted molar refractivity (Wildman–Crippen MR) is 115 cm³/mol. The Bertz CT molecular complexity index is 696. The standard InChI is InChI=1S/C19H23N3O2S.2ClH/c1-24-19(8-11-20-12-9-19)18(23)22-16-4-6-17(7-5-16)25-14-15-3-2-10-21-13-15;;/h2-7,10,13,20H,8-9,11-12,14H2,1H3,(H,22,23);2*1H. The molecule has 1 aromatic carbocycles. The SMILES string of the molecule is COC1(C(=O)Nc2ccc(SCc3cccnc3)cc2)CCNCC1.Cl.Cl. The Kier molecular flexibility index (Phi) is 10.1. The molecule has 2 N–H and O–H groups in total. The molecular formula is C19H25Cl2N3O2S. The summed E-state index contributed by atoms with van der Waals surface area (Å²) in [5.41, 5.74) is 1.27. The van der Waals surface area contributed by atoms with Crippen LogP contribution in [-0.2, 0) is 15.3 Å². The number of piperidine rings is 1. The van der Waals surface area contributed by atoms with Crippen molar-refractivity contribution in [2.45, 2.75) is 29.1 Å². The lowest BCUT2D eigenvalue weighted by Gasteiger charge is -2.34. The van der Waals surface area contributed by atoms with Crippen LogP contribution < -0.4 is 10.6 Å². The highest BCUT2D eigenvalue weighted by Crippen LogP contribution is 2.27. The topological polar surface area (TPSA) is 63.2 Å². The number of pyridine rings is 1. The number of thioether (sulfide) groups is 1. The largest absolute Gasteiger partial charge is 0.368 e. The lowest BCUT2D eigenvalue weighted by Crippen LogP contribution is -2.51. The summed E-state index contributed by atoms with van der Waals surface area (Å²) in [7, 11) is 1.61. The van der Waals surface area contributed by atoms with Gasteiger partial charge in [-0.05, 0) is 61.8 Å². The molecule has 148 valence electrons. The number of amides is 1. The van der Waals surface area contributed by atoms with E-state index in [2.05, 4.69) is 21.7 Å². The van der Waals surface area contributed by atoms with Crippen LogP contribution in [0, 0.1) is 0 Å². The number of methoxy groups -OCH3 is 1. The zero-order chi connectivity index (χ0) is 17.5. The van der Waals surface area contributed by atoms with E-state index in [0.29, 0.717) is 12.8 Å². The monoisotopic (exact) mass is 429 g/mol. The van der Waals surface area contributed by atoms with E-state index in [9.17, 15) is 4.79 Å². The second-order valence-corrected chi connectivity index (χ2v) is 7.13. The van der Waals surface area contributed by atoms with Crippen LogP contribution in [0.4, 0.5) is 5.69 Å². The maximum Gasteiger partial charge on any atom is 0.256 e. The van der Waals surface area contributed by atoms with E-state index in [1.54, 1.807) is 25.1 Å². The number of anilines is 1. The van der Waals surface area contributed by atoms with Crippen molar-refractivity contribution >= 4 is 48.2 Å². The van der Waals surface area contributed by atoms with E-state index >= 15 is 0 Å². The fraction of sp³-hybridized carbons (Fsp3) is 0.368. The van der Waals surface area contributed by atoms with Gasteiger partial charge in [0.1, 0.15) is 5.60 Å². The fourth-order valence-corrected chi connectivity index (χ4v) is 3.72. The average molecular weight is 430 g/mol. The van der Waals surface area contributed by atoms with Gasteiger partial charge in [0.05, 0.1) is 0 Å². The van der Waals surface area contributed by atoms with Crippen LogP contribution in [0.25, 0.3) is 0 Å². The first-order valence-electron chi connectivity index (χ1n) is 8.41. The summed E-state index contributed by atoms with van der Waals surface area (Å²) in [6.45, 7) is 1.59. The minimum Gasteiger partial charge on any atom is -0.368 e. The quantitative estimate of drug-likeness (QED) is 0.681. The summed E-state index contributed by atoms with van der Waals surface area (Å²) in [6.07, 6.45) is 5.04. The van der Waals surface area contributed by atoms with Crippen LogP contribution in [-0.4, -0.2) is 36.7 Å². The Morgan fingerprint density at radius 1 is 1.22 bits per heavy atom. The number of hydrogen-bond acceptors (Lipinski definition) is 5. The van der Waals surface area contributed by atoms with E-state index in [4.69, 9.17) is 4.74 Å². The summed E-state index contributed by atoms with van der Waals surface area (Å²) in [6, 6.07) is 11.9. The van der Waals surface area contributed by atoms with E-state index in [-0.39, 0.29) is 30.7 Å². The molecule has 0 radical (unpaired) electrons. The molecule has 0 atom stereocenters. The van der Waals surface area contributed by atoms with E-state index in [0.717, 1.165) is 29.4 Å². The number of hydrogen-bond donors (Lipinski definition) is 2. The maximum absolute atomic E-state index is 12.6. The summed E-state index contributed by atoms with van der Waals surface area (Å²) < 4.78 is 5.56. The van der Waals surface area contributed by atoms with Gasteiger partial charge >= 0.3 is 0 Å². The van der Waals surface area contributed by atoms with Crippen molar-refractivity contribution in [1.82, 2.24) is 10.3 Å². The maximum atomic E-state index is 12.6. The molecular weight excluding hydrogens is 405 g/mol. The number of rotatable bonds is 6. The highest BCUT2D eigenvalue weighted by Gasteiger charge is 2.39. The minimum atomic E-state index is -0.723. The number of aromatic nitrogens is 1. The van der Waals surface area contributed by atoms with Crippen LogP contribution in [0.15, 0.2) is 53.7 Å². The van der Waals surface area contributed by atoms with Gasteiger partial charge in [-0.2, -0.15) is 0 Å². The van der Waals surface area contributed by atoms with Crippen molar-refractivity contribution in [2.24, 2.45) is 0 Å². The lowest BCUT2D eigenvalue weighted by molar-refractivity contribution is -0.140. The third kappa shape index (κ3) is 6.36. The van der Waals surface area contributed by atoms with Gasteiger partial charge in [-0.25, -0.2) is 0 Å². The molecule has 1 saturated heterocycles. The Morgan fingerprint density at radius 3 is 2.52 bits per heavy atom. The number of nitrogens with zero attached hydrogens (tertiary/aromatic N) is 1. The summed E-state index contributed by atoms with van der Waals surface area (Å²) >= 11 is 1.75. The number of carbonyl (C=O) groups excluding carboxylic acids is 1. The van der Waals surface area contributed by atoms with Gasteiger partial charge in [0.15, 0.2) is 0 Å². The minimum absolute atomic E-state index is 0. The number of ether oxygens (including phenoxy) is 1. The second-order valence-electron chi connectivity index (χ2n) is 6.08. The molecule has 0 aliphatic carbocycles. The smallest absolute Gasteiger partial charge is 0.256 e. The highest BCUT2D eigenvalue weighted by atomic mass is 35.5. The van der Waals surface area contributed by atoms with Crippen molar-refractivity contribution in [3.8, 4) is 0 Å². The molecule has 0 saturated carbocycles. The average Bonchev–Trinajstić information content (AvgIpc) is 2.68. The number of nitrogens with one attached hydrogen (secondary N) is 2. The van der Waals surface area contributed by atoms with Crippen LogP contribution >= 0.6 is 36.6 Å². The second kappa shape index (κ2) is 11.5. The Balaban J connectivity index is 0.00000182. The van der Waals surface area contributed by atoms with Crippen molar-refractivity contribution in [3.05, 3.63) is 54.4 Å². The number of carbonyl (C=O) groups is 1. The first-order valence-corrected chi connectivity index (χ1v) is 9.39. The summed E-state index contributed by atoms with van der Waals surface area (Å²) in [5.74, 6) is 0.812. The van der Waals surface area contributed by atoms with Crippen molar-refractivity contribution < 1.29 is 9.53 Å². The van der Waals surface area contributed by atoms with Gasteiger partial charge in [-0.1, -0.05) is 6.07 Å². The Labute approximate surface area is 176 Å². The first-order chi connectivity index (χ1) is 12.2. The molecule has 8 heteroatoms. The molecule has 1 aromatic heterocycles. The zero-order valence-electron chi connectivity index (χ0n) is 15.1. The first kappa shape index (κ1) is 23.7. The van der Waals surface area contributed by atoms with Crippen molar-refractivity contribution in [1.29, 1.82) is 0 Å². The van der Waals surface area contributed by atoms with Gasteiger partial charge in [0.25, 0.3) is 5.91 Å². The zero-order valence-corrected chi connectivity index (χ0v) is 17.6. The molecule has 0 bridgehead atoms. The molecule has 0 unspecified atom stereocenters. The normalized spacial score (nSPS) is 15.1. The fourth-order valence-electron chi connectivity index (χ4n) is 2.88. The van der Waals surface area contributed by atoms with Crippen LogP contribution in [0.2, 0.25) is 0 Å². The Morgan fingerprint density at radius 2 is 1.93 bits per heavy atom. The highest BCUT2D eigenvalue weighted by molar-refractivity contribution is 7.98. The molecule has 1 amide bonds. The third-order valence-corrected chi connectivity index (χ3v) is 5.54. The van der Waals surface area contributed by atoms with E-state index in [1.165, 1.54) is 5.56 Å². The molecule has 3 rings (SSSR count). The Hall–Kier alpha value is -1.31.